The summed E-state index contributed by atoms with van der Waals surface area (Å²) in [4.78, 5) is 18.5. The van der Waals surface area contributed by atoms with Crippen molar-refractivity contribution in [2.45, 2.75) is 45.1 Å². The minimum Gasteiger partial charge on any atom is -0.356 e. The Morgan fingerprint density at radius 2 is 2.14 bits per heavy atom. The second-order valence-corrected chi connectivity index (χ2v) is 6.27. The number of amides is 1. The van der Waals surface area contributed by atoms with Gasteiger partial charge in [-0.1, -0.05) is 0 Å². The van der Waals surface area contributed by atoms with Crippen LogP contribution in [0.15, 0.2) is 5.38 Å². The maximum absolute atomic E-state index is 11.6. The molecule has 22 heavy (non-hydrogen) atoms. The van der Waals surface area contributed by atoms with Gasteiger partial charge in [0.25, 0.3) is 0 Å². The summed E-state index contributed by atoms with van der Waals surface area (Å²) in [5.74, 6) is 0.0808. The van der Waals surface area contributed by atoms with Crippen LogP contribution in [-0.2, 0) is 11.2 Å². The summed E-state index contributed by atoms with van der Waals surface area (Å²) in [5, 5.41) is 6.15. The predicted molar refractivity (Wildman–Crippen MR) is 97.7 cm³/mol. The van der Waals surface area contributed by atoms with Crippen LogP contribution in [0.5, 0.6) is 0 Å². The van der Waals surface area contributed by atoms with Crippen molar-refractivity contribution in [3.05, 3.63) is 11.1 Å². The van der Waals surface area contributed by atoms with Gasteiger partial charge in [-0.25, -0.2) is 4.98 Å². The molecule has 1 saturated heterocycles. The molecule has 0 spiro atoms. The summed E-state index contributed by atoms with van der Waals surface area (Å²) in [5.41, 5.74) is 6.70. The zero-order valence-electron chi connectivity index (χ0n) is 12.9. The molecule has 1 unspecified atom stereocenters. The van der Waals surface area contributed by atoms with Gasteiger partial charge in [0.15, 0.2) is 5.13 Å². The Hall–Kier alpha value is -0.560. The fourth-order valence-electron chi connectivity index (χ4n) is 2.24. The minimum atomic E-state index is 0. The number of halogens is 2. The van der Waals surface area contributed by atoms with Gasteiger partial charge in [0.05, 0.1) is 5.69 Å². The first-order chi connectivity index (χ1) is 9.65. The Morgan fingerprint density at radius 1 is 1.45 bits per heavy atom. The van der Waals surface area contributed by atoms with E-state index in [-0.39, 0.29) is 36.8 Å². The molecule has 1 aromatic rings. The Kier molecular flexibility index (Phi) is 10.8. The van der Waals surface area contributed by atoms with Crippen LogP contribution >= 0.6 is 36.2 Å². The highest BCUT2D eigenvalue weighted by Crippen LogP contribution is 2.24. The van der Waals surface area contributed by atoms with E-state index in [2.05, 4.69) is 20.6 Å². The fourth-order valence-corrected chi connectivity index (χ4v) is 3.16. The standard InChI is InChI=1S/C14H24N4OS.2ClH/c1-11(15)4-5-13(19)16-7-6-12-10-20-14(17-12)18-8-2-3-9-18;;/h10-11H,2-9,15H2,1H3,(H,16,19);2*1H. The van der Waals surface area contributed by atoms with E-state index in [1.807, 2.05) is 6.92 Å². The smallest absolute Gasteiger partial charge is 0.220 e. The fraction of sp³-hybridized carbons (Fsp3) is 0.714. The minimum absolute atomic E-state index is 0. The molecule has 128 valence electrons. The van der Waals surface area contributed by atoms with Gasteiger partial charge in [-0.2, -0.15) is 0 Å². The van der Waals surface area contributed by atoms with E-state index in [0.29, 0.717) is 13.0 Å². The van der Waals surface area contributed by atoms with Crippen molar-refractivity contribution >= 4 is 47.2 Å². The number of thiazole rings is 1. The van der Waals surface area contributed by atoms with E-state index in [1.165, 1.54) is 12.8 Å². The molecule has 0 bridgehead atoms. The summed E-state index contributed by atoms with van der Waals surface area (Å²) < 4.78 is 0. The van der Waals surface area contributed by atoms with Gasteiger partial charge >= 0.3 is 0 Å². The number of hydrogen-bond donors (Lipinski definition) is 2. The highest BCUT2D eigenvalue weighted by Gasteiger charge is 2.15. The van der Waals surface area contributed by atoms with E-state index in [0.717, 1.165) is 36.8 Å². The molecule has 8 heteroatoms. The van der Waals surface area contributed by atoms with Crippen LogP contribution in [-0.4, -0.2) is 36.6 Å². The third-order valence-electron chi connectivity index (χ3n) is 3.45. The number of nitrogens with one attached hydrogen (secondary N) is 1. The largest absolute Gasteiger partial charge is 0.356 e. The molecule has 3 N–H and O–H groups in total. The first-order valence-corrected chi connectivity index (χ1v) is 8.25. The molecule has 0 aromatic carbocycles. The van der Waals surface area contributed by atoms with Crippen LogP contribution in [0.3, 0.4) is 0 Å². The molecule has 1 aliphatic rings. The lowest BCUT2D eigenvalue weighted by Crippen LogP contribution is -2.27. The number of carbonyl (C=O) groups is 1. The Labute approximate surface area is 148 Å². The Balaban J connectivity index is 0.00000220. The van der Waals surface area contributed by atoms with Crippen molar-refractivity contribution < 1.29 is 4.79 Å². The number of aromatic nitrogens is 1. The van der Waals surface area contributed by atoms with Crippen LogP contribution in [0.2, 0.25) is 0 Å². The van der Waals surface area contributed by atoms with Gasteiger partial charge in [0.1, 0.15) is 0 Å². The quantitative estimate of drug-likeness (QED) is 0.774. The summed E-state index contributed by atoms with van der Waals surface area (Å²) >= 11 is 1.71. The van der Waals surface area contributed by atoms with Crippen LogP contribution < -0.4 is 16.0 Å². The van der Waals surface area contributed by atoms with Crippen LogP contribution in [0.25, 0.3) is 0 Å². The number of nitrogens with zero attached hydrogens (tertiary/aromatic N) is 2. The molecular weight excluding hydrogens is 343 g/mol. The van der Waals surface area contributed by atoms with E-state index < -0.39 is 0 Å². The lowest BCUT2D eigenvalue weighted by Gasteiger charge is -2.12. The van der Waals surface area contributed by atoms with E-state index in [4.69, 9.17) is 5.73 Å². The van der Waals surface area contributed by atoms with Crippen molar-refractivity contribution in [1.82, 2.24) is 10.3 Å². The molecule has 2 rings (SSSR count). The van der Waals surface area contributed by atoms with Gasteiger partial charge in [0, 0.05) is 43.9 Å². The lowest BCUT2D eigenvalue weighted by molar-refractivity contribution is -0.121. The molecular formula is C14H26Cl2N4OS. The topological polar surface area (TPSA) is 71.2 Å². The number of hydrogen-bond acceptors (Lipinski definition) is 5. The zero-order chi connectivity index (χ0) is 14.4. The van der Waals surface area contributed by atoms with Crippen LogP contribution in [0.1, 0.15) is 38.3 Å². The van der Waals surface area contributed by atoms with Crippen LogP contribution in [0, 0.1) is 0 Å². The second kappa shape index (κ2) is 11.0. The van der Waals surface area contributed by atoms with E-state index in [1.54, 1.807) is 11.3 Å². The molecule has 2 heterocycles. The number of anilines is 1. The van der Waals surface area contributed by atoms with E-state index in [9.17, 15) is 4.79 Å². The van der Waals surface area contributed by atoms with Crippen molar-refractivity contribution in [3.8, 4) is 0 Å². The average Bonchev–Trinajstić information content (AvgIpc) is 3.06. The molecule has 5 nitrogen and oxygen atoms in total. The molecule has 0 saturated carbocycles. The Morgan fingerprint density at radius 3 is 2.77 bits per heavy atom. The molecule has 0 aliphatic carbocycles. The first-order valence-electron chi connectivity index (χ1n) is 7.37. The highest BCUT2D eigenvalue weighted by molar-refractivity contribution is 7.13. The number of nitrogens with two attached hydrogens (primary N) is 1. The summed E-state index contributed by atoms with van der Waals surface area (Å²) in [7, 11) is 0. The van der Waals surface area contributed by atoms with Crippen molar-refractivity contribution in [2.24, 2.45) is 5.73 Å². The van der Waals surface area contributed by atoms with Gasteiger partial charge in [-0.05, 0) is 26.2 Å². The molecule has 1 fully saturated rings. The SMILES string of the molecule is CC(N)CCC(=O)NCCc1csc(N2CCCC2)n1.Cl.Cl. The van der Waals surface area contributed by atoms with Gasteiger partial charge in [-0.3, -0.25) is 4.79 Å². The third-order valence-corrected chi connectivity index (χ3v) is 4.40. The normalized spacial score (nSPS) is 14.9. The summed E-state index contributed by atoms with van der Waals surface area (Å²) in [6.07, 6.45) is 4.58. The van der Waals surface area contributed by atoms with Crippen molar-refractivity contribution in [3.63, 3.8) is 0 Å². The molecule has 1 aromatic heterocycles. The Bertz CT molecular complexity index is 436. The second-order valence-electron chi connectivity index (χ2n) is 5.43. The summed E-state index contributed by atoms with van der Waals surface area (Å²) in [6.45, 7) is 4.82. The molecule has 1 atom stereocenters. The molecule has 0 radical (unpaired) electrons. The van der Waals surface area contributed by atoms with Crippen molar-refractivity contribution in [2.75, 3.05) is 24.5 Å². The van der Waals surface area contributed by atoms with Gasteiger partial charge in [0.2, 0.25) is 5.91 Å². The third kappa shape index (κ3) is 7.13. The summed E-state index contributed by atoms with van der Waals surface area (Å²) in [6, 6.07) is 0.0855. The predicted octanol–water partition coefficient (Wildman–Crippen LogP) is 2.37. The maximum atomic E-state index is 11.6. The first kappa shape index (κ1) is 21.4. The molecule has 1 amide bonds. The van der Waals surface area contributed by atoms with Crippen molar-refractivity contribution in [1.29, 1.82) is 0 Å². The van der Waals surface area contributed by atoms with Crippen LogP contribution in [0.4, 0.5) is 5.13 Å². The average molecular weight is 369 g/mol. The number of rotatable bonds is 7. The monoisotopic (exact) mass is 368 g/mol. The highest BCUT2D eigenvalue weighted by atomic mass is 35.5. The van der Waals surface area contributed by atoms with Gasteiger partial charge < -0.3 is 16.0 Å². The zero-order valence-corrected chi connectivity index (χ0v) is 15.4. The van der Waals surface area contributed by atoms with E-state index >= 15 is 0 Å². The lowest BCUT2D eigenvalue weighted by atomic mass is 10.2. The van der Waals surface area contributed by atoms with Gasteiger partial charge in [-0.15, -0.1) is 36.2 Å². The number of carbonyl (C=O) groups excluding carboxylic acids is 1. The maximum Gasteiger partial charge on any atom is 0.220 e. The molecule has 1 aliphatic heterocycles.